The van der Waals surface area contributed by atoms with Crippen molar-refractivity contribution in [2.24, 2.45) is 12.0 Å². The van der Waals surface area contributed by atoms with Gasteiger partial charge in [0.25, 0.3) is 15.9 Å². The molecule has 0 unspecified atom stereocenters. The molecule has 0 saturated heterocycles. The topological polar surface area (TPSA) is 89.8 Å². The highest BCUT2D eigenvalue weighted by molar-refractivity contribution is 7.92. The number of hydrogen-bond donors (Lipinski definition) is 1. The average Bonchev–Trinajstić information content (AvgIpc) is 3.08. The molecule has 1 heterocycles. The number of aryl methyl sites for hydroxylation is 3. The van der Waals surface area contributed by atoms with Gasteiger partial charge in [0.05, 0.1) is 22.2 Å². The number of carbonyl (C=O) groups is 1. The van der Waals surface area contributed by atoms with Crippen molar-refractivity contribution in [3.8, 4) is 5.75 Å². The summed E-state index contributed by atoms with van der Waals surface area (Å²) in [4.78, 5) is 17.8. The average molecular weight is 482 g/mol. The summed E-state index contributed by atoms with van der Waals surface area (Å²) in [5.41, 5.74) is 3.92. The molecular weight excluding hydrogens is 458 g/mol. The fraction of sp³-hybridized carbons (Fsp3) is 0.167. The van der Waals surface area contributed by atoms with Crippen LogP contribution in [0.4, 0.5) is 5.69 Å². The Morgan fingerprint density at radius 2 is 1.73 bits per heavy atom. The number of anilines is 1. The SMILES string of the molecule is COc1ccc(S(=O)(=O)Nc2cccc(C(=O)N=c3sc4cc(C)c(C)cc4n3C)c2)cc1. The third-order valence-electron chi connectivity index (χ3n) is 5.35. The van der Waals surface area contributed by atoms with Crippen molar-refractivity contribution in [1.82, 2.24) is 4.57 Å². The number of aromatic nitrogens is 1. The van der Waals surface area contributed by atoms with Crippen LogP contribution in [0.3, 0.4) is 0 Å². The number of carbonyl (C=O) groups excluding carboxylic acids is 1. The van der Waals surface area contributed by atoms with Gasteiger partial charge in [-0.25, -0.2) is 8.42 Å². The van der Waals surface area contributed by atoms with E-state index in [0.29, 0.717) is 10.6 Å². The minimum Gasteiger partial charge on any atom is -0.497 e. The second kappa shape index (κ2) is 8.84. The van der Waals surface area contributed by atoms with Crippen molar-refractivity contribution in [1.29, 1.82) is 0 Å². The van der Waals surface area contributed by atoms with Gasteiger partial charge in [-0.2, -0.15) is 4.99 Å². The van der Waals surface area contributed by atoms with Crippen molar-refractivity contribution in [2.75, 3.05) is 11.8 Å². The number of sulfonamides is 1. The molecule has 0 saturated carbocycles. The van der Waals surface area contributed by atoms with Gasteiger partial charge in [-0.15, -0.1) is 0 Å². The number of fused-ring (bicyclic) bond motifs is 1. The summed E-state index contributed by atoms with van der Waals surface area (Å²) < 4.78 is 35.9. The normalized spacial score (nSPS) is 12.2. The second-order valence-electron chi connectivity index (χ2n) is 7.63. The molecular formula is C24H23N3O4S2. The number of rotatable bonds is 5. The van der Waals surface area contributed by atoms with Crippen LogP contribution in [-0.4, -0.2) is 26.0 Å². The summed E-state index contributed by atoms with van der Waals surface area (Å²) in [5, 5.41) is 0. The summed E-state index contributed by atoms with van der Waals surface area (Å²) >= 11 is 1.44. The molecule has 0 aliphatic rings. The van der Waals surface area contributed by atoms with Gasteiger partial charge in [0.1, 0.15) is 5.75 Å². The quantitative estimate of drug-likeness (QED) is 0.457. The Morgan fingerprint density at radius 3 is 2.42 bits per heavy atom. The highest BCUT2D eigenvalue weighted by atomic mass is 32.2. The first-order chi connectivity index (χ1) is 15.7. The Labute approximate surface area is 196 Å². The molecule has 4 rings (SSSR count). The van der Waals surface area contributed by atoms with Gasteiger partial charge in [-0.05, 0) is 79.6 Å². The number of methoxy groups -OCH3 is 1. The van der Waals surface area contributed by atoms with E-state index in [4.69, 9.17) is 4.74 Å². The summed E-state index contributed by atoms with van der Waals surface area (Å²) in [6, 6.07) is 16.5. The largest absolute Gasteiger partial charge is 0.497 e. The molecule has 33 heavy (non-hydrogen) atoms. The van der Waals surface area contributed by atoms with Crippen molar-refractivity contribution in [3.05, 3.63) is 82.2 Å². The van der Waals surface area contributed by atoms with Crippen LogP contribution in [0.5, 0.6) is 5.75 Å². The molecule has 0 radical (unpaired) electrons. The van der Waals surface area contributed by atoms with Crippen LogP contribution in [0.25, 0.3) is 10.2 Å². The van der Waals surface area contributed by atoms with Crippen LogP contribution >= 0.6 is 11.3 Å². The van der Waals surface area contributed by atoms with E-state index >= 15 is 0 Å². The Bertz CT molecular complexity index is 1530. The van der Waals surface area contributed by atoms with Crippen LogP contribution < -0.4 is 14.3 Å². The predicted molar refractivity (Wildman–Crippen MR) is 130 cm³/mol. The zero-order valence-electron chi connectivity index (χ0n) is 18.6. The Kier molecular flexibility index (Phi) is 6.09. The maximum Gasteiger partial charge on any atom is 0.279 e. The summed E-state index contributed by atoms with van der Waals surface area (Å²) in [5.74, 6) is 0.110. The standard InChI is InChI=1S/C24H23N3O4S2/c1-15-12-21-22(13-16(15)2)32-24(27(21)3)25-23(28)17-6-5-7-18(14-17)26-33(29,30)20-10-8-19(31-4)9-11-20/h5-14,26H,1-4H3. The van der Waals surface area contributed by atoms with Gasteiger partial charge >= 0.3 is 0 Å². The molecule has 0 fully saturated rings. The van der Waals surface area contributed by atoms with Gasteiger partial charge in [0, 0.05) is 18.3 Å². The van der Waals surface area contributed by atoms with E-state index in [1.165, 1.54) is 47.8 Å². The molecule has 9 heteroatoms. The fourth-order valence-electron chi connectivity index (χ4n) is 3.32. The van der Waals surface area contributed by atoms with E-state index in [1.807, 2.05) is 18.5 Å². The summed E-state index contributed by atoms with van der Waals surface area (Å²) in [6.45, 7) is 4.10. The van der Waals surface area contributed by atoms with Gasteiger partial charge in [-0.3, -0.25) is 9.52 Å². The summed E-state index contributed by atoms with van der Waals surface area (Å²) in [6.07, 6.45) is 0. The number of thiazole rings is 1. The van der Waals surface area contributed by atoms with E-state index in [2.05, 4.69) is 28.8 Å². The maximum absolute atomic E-state index is 12.9. The number of nitrogens with one attached hydrogen (secondary N) is 1. The van der Waals surface area contributed by atoms with E-state index in [-0.39, 0.29) is 16.1 Å². The van der Waals surface area contributed by atoms with E-state index in [0.717, 1.165) is 10.2 Å². The number of nitrogens with zero attached hydrogens (tertiary/aromatic N) is 2. The molecule has 7 nitrogen and oxygen atoms in total. The van der Waals surface area contributed by atoms with E-state index in [1.54, 1.807) is 30.3 Å². The Morgan fingerprint density at radius 1 is 1.03 bits per heavy atom. The first-order valence-corrected chi connectivity index (χ1v) is 12.4. The maximum atomic E-state index is 12.9. The minimum absolute atomic E-state index is 0.0904. The second-order valence-corrected chi connectivity index (χ2v) is 10.3. The smallest absolute Gasteiger partial charge is 0.279 e. The van der Waals surface area contributed by atoms with Crippen LogP contribution in [0, 0.1) is 13.8 Å². The molecule has 0 aliphatic carbocycles. The van der Waals surface area contributed by atoms with Gasteiger partial charge in [-0.1, -0.05) is 17.4 Å². The van der Waals surface area contributed by atoms with Crippen molar-refractivity contribution < 1.29 is 17.9 Å². The first kappa shape index (κ1) is 22.8. The third-order valence-corrected chi connectivity index (χ3v) is 7.85. The van der Waals surface area contributed by atoms with E-state index in [9.17, 15) is 13.2 Å². The van der Waals surface area contributed by atoms with Crippen LogP contribution in [-0.2, 0) is 17.1 Å². The van der Waals surface area contributed by atoms with Gasteiger partial charge in [0.2, 0.25) is 0 Å². The Balaban J connectivity index is 1.63. The minimum atomic E-state index is -3.82. The number of ether oxygens (including phenoxy) is 1. The molecule has 0 aliphatic heterocycles. The predicted octanol–water partition coefficient (Wildman–Crippen LogP) is 4.41. The lowest BCUT2D eigenvalue weighted by Crippen LogP contribution is -2.14. The zero-order chi connectivity index (χ0) is 23.8. The number of benzene rings is 3. The molecule has 3 aromatic carbocycles. The molecule has 4 aromatic rings. The lowest BCUT2D eigenvalue weighted by molar-refractivity contribution is 0.0998. The van der Waals surface area contributed by atoms with Gasteiger partial charge in [0.15, 0.2) is 4.80 Å². The molecule has 0 spiro atoms. The van der Waals surface area contributed by atoms with Crippen LogP contribution in [0.15, 0.2) is 70.6 Å². The zero-order valence-corrected chi connectivity index (χ0v) is 20.3. The summed E-state index contributed by atoms with van der Waals surface area (Å²) in [7, 11) is -0.437. The molecule has 1 N–H and O–H groups in total. The highest BCUT2D eigenvalue weighted by Crippen LogP contribution is 2.22. The number of amides is 1. The lowest BCUT2D eigenvalue weighted by Gasteiger charge is -2.09. The van der Waals surface area contributed by atoms with E-state index < -0.39 is 15.9 Å². The Hall–Kier alpha value is -3.43. The van der Waals surface area contributed by atoms with Crippen LogP contribution in [0.1, 0.15) is 21.5 Å². The van der Waals surface area contributed by atoms with Crippen molar-refractivity contribution >= 4 is 43.2 Å². The molecule has 1 aromatic heterocycles. The van der Waals surface area contributed by atoms with Crippen molar-refractivity contribution in [2.45, 2.75) is 18.7 Å². The molecule has 0 atom stereocenters. The lowest BCUT2D eigenvalue weighted by atomic mass is 10.1. The molecule has 1 amide bonds. The van der Waals surface area contributed by atoms with Crippen LogP contribution in [0.2, 0.25) is 0 Å². The monoisotopic (exact) mass is 481 g/mol. The first-order valence-electron chi connectivity index (χ1n) is 10.1. The number of hydrogen-bond acceptors (Lipinski definition) is 5. The van der Waals surface area contributed by atoms with Gasteiger partial charge < -0.3 is 9.30 Å². The van der Waals surface area contributed by atoms with Crippen molar-refractivity contribution in [3.63, 3.8) is 0 Å². The molecule has 170 valence electrons. The third kappa shape index (κ3) is 4.69. The fourth-order valence-corrected chi connectivity index (χ4v) is 5.47. The molecule has 0 bridgehead atoms. The highest BCUT2D eigenvalue weighted by Gasteiger charge is 2.15.